The monoisotopic (exact) mass is 1630 g/mol. The molecule has 0 unspecified atom stereocenters. The Hall–Kier alpha value is -12.2. The van der Waals surface area contributed by atoms with Gasteiger partial charge in [-0.15, -0.1) is 35.3 Å². The first-order valence-electron chi connectivity index (χ1n) is 39.3. The van der Waals surface area contributed by atoms with Gasteiger partial charge in [-0.3, -0.25) is 14.4 Å². The summed E-state index contributed by atoms with van der Waals surface area (Å²) in [5, 5.41) is 9.34. The van der Waals surface area contributed by atoms with E-state index in [1.807, 2.05) is 164 Å². The smallest absolute Gasteiger partial charge is 0.329 e. The average molecular weight is 1630 g/mol. The fourth-order valence-corrected chi connectivity index (χ4v) is 21.0. The van der Waals surface area contributed by atoms with Crippen molar-refractivity contribution >= 4 is 70.9 Å². The first kappa shape index (κ1) is 81.0. The van der Waals surface area contributed by atoms with Gasteiger partial charge >= 0.3 is 17.9 Å². The zero-order valence-corrected chi connectivity index (χ0v) is 67.9. The Balaban J connectivity index is 0.859. The number of methoxy groups -OCH3 is 1. The number of hydrogen-bond donors (Lipinski definition) is 3. The van der Waals surface area contributed by atoms with Gasteiger partial charge in [0.1, 0.15) is 59.4 Å². The summed E-state index contributed by atoms with van der Waals surface area (Å²) in [6.07, 6.45) is -0.0123. The van der Waals surface area contributed by atoms with Crippen molar-refractivity contribution in [3.8, 4) is 34.5 Å². The predicted octanol–water partition coefficient (Wildman–Crippen LogP) is 18.5. The maximum atomic E-state index is 16.0. The number of hydrogen-bond acceptors (Lipinski definition) is 17. The number of ether oxygens (including phenoxy) is 8. The normalized spacial score (nSPS) is 13.4. The Bertz CT molecular complexity index is 4720. The summed E-state index contributed by atoms with van der Waals surface area (Å²) in [5.41, 5.74) is 7.60. The Morgan fingerprint density at radius 2 is 0.551 bits per heavy atom. The number of carbonyl (C=O) groups is 6. The van der Waals surface area contributed by atoms with Gasteiger partial charge in [0.05, 0.1) is 79.5 Å². The summed E-state index contributed by atoms with van der Waals surface area (Å²) in [4.78, 5) is 92.4. The molecule has 3 aliphatic rings. The molecule has 3 atom stereocenters. The van der Waals surface area contributed by atoms with Gasteiger partial charge in [-0.2, -0.15) is 0 Å². The molecule has 3 N–H and O–H groups in total. The summed E-state index contributed by atoms with van der Waals surface area (Å²) in [7, 11) is 1.50. The van der Waals surface area contributed by atoms with E-state index in [2.05, 4.69) is 125 Å². The number of nitrogens with one attached hydrogen (secondary N) is 3. The second-order valence-electron chi connectivity index (χ2n) is 28.3. The van der Waals surface area contributed by atoms with E-state index in [-0.39, 0.29) is 108 Å². The zero-order valence-electron chi connectivity index (χ0n) is 65.5. The molecule has 3 heterocycles. The summed E-state index contributed by atoms with van der Waals surface area (Å²) in [5.74, 6) is -3.68. The third kappa shape index (κ3) is 15.7. The topological polar surface area (TPSA) is 212 Å². The summed E-state index contributed by atoms with van der Waals surface area (Å²) >= 11 is 4.42. The summed E-state index contributed by atoms with van der Waals surface area (Å²) < 4.78 is 48.2. The molecule has 0 aliphatic carbocycles. The number of carbonyl (C=O) groups excluding carboxylic acids is 6. The number of rotatable bonds is 35. The van der Waals surface area contributed by atoms with Crippen LogP contribution in [0.5, 0.6) is 34.5 Å². The summed E-state index contributed by atoms with van der Waals surface area (Å²) in [6.45, 7) is 4.94. The fraction of sp³-hybridized carbons (Fsp3) is 0.204. The molecule has 0 spiro atoms. The van der Waals surface area contributed by atoms with E-state index in [0.717, 1.165) is 50.1 Å². The minimum atomic E-state index is -1.64. The molecule has 15 rings (SSSR count). The molecule has 0 fully saturated rings. The van der Waals surface area contributed by atoms with Crippen LogP contribution < -0.4 is 30.2 Å². The van der Waals surface area contributed by atoms with Crippen molar-refractivity contribution in [1.29, 1.82) is 0 Å². The van der Waals surface area contributed by atoms with Crippen molar-refractivity contribution in [2.75, 3.05) is 57.6 Å². The summed E-state index contributed by atoms with van der Waals surface area (Å²) in [6, 6.07) is 95.8. The lowest BCUT2D eigenvalue weighted by Gasteiger charge is -2.48. The lowest BCUT2D eigenvalue weighted by molar-refractivity contribution is -0.145. The Morgan fingerprint density at radius 1 is 0.331 bits per heavy atom. The van der Waals surface area contributed by atoms with Crippen LogP contribution in [0.2, 0.25) is 0 Å². The van der Waals surface area contributed by atoms with Gasteiger partial charge in [-0.25, -0.2) is 14.4 Å². The van der Waals surface area contributed by atoms with Gasteiger partial charge in [0.15, 0.2) is 0 Å². The van der Waals surface area contributed by atoms with Crippen LogP contribution >= 0.6 is 35.3 Å². The first-order chi connectivity index (χ1) is 57.8. The largest absolute Gasteiger partial charge is 0.464 e. The van der Waals surface area contributed by atoms with Crippen molar-refractivity contribution in [3.63, 3.8) is 0 Å². The molecule has 118 heavy (non-hydrogen) atoms. The van der Waals surface area contributed by atoms with E-state index in [0.29, 0.717) is 16.7 Å². The minimum absolute atomic E-state index is 0.0115. The molecule has 12 aromatic rings. The molecule has 17 nitrogen and oxygen atoms in total. The Morgan fingerprint density at radius 3 is 0.754 bits per heavy atom. The van der Waals surface area contributed by atoms with Crippen molar-refractivity contribution in [2.24, 2.45) is 0 Å². The van der Waals surface area contributed by atoms with Gasteiger partial charge < -0.3 is 53.8 Å². The minimum Gasteiger partial charge on any atom is -0.464 e. The van der Waals surface area contributed by atoms with Gasteiger partial charge in [-0.05, 0) is 114 Å². The van der Waals surface area contributed by atoms with E-state index in [4.69, 9.17) is 37.9 Å². The van der Waals surface area contributed by atoms with E-state index >= 15 is 14.4 Å². The molecule has 20 heteroatoms. The molecule has 0 radical (unpaired) electrons. The second-order valence-corrected chi connectivity index (χ2v) is 32.0. The van der Waals surface area contributed by atoms with E-state index in [1.54, 1.807) is 57.2 Å². The highest BCUT2D eigenvalue weighted by Crippen LogP contribution is 2.69. The second kappa shape index (κ2) is 36.6. The Labute approximate surface area is 698 Å². The highest BCUT2D eigenvalue weighted by molar-refractivity contribution is 8.01. The quantitative estimate of drug-likeness (QED) is 0.0111. The van der Waals surface area contributed by atoms with Gasteiger partial charge in [-0.1, -0.05) is 273 Å². The lowest BCUT2D eigenvalue weighted by Crippen LogP contribution is -2.46. The highest BCUT2D eigenvalue weighted by atomic mass is 32.2. The van der Waals surface area contributed by atoms with Gasteiger partial charge in [0.2, 0.25) is 0 Å². The van der Waals surface area contributed by atoms with Crippen molar-refractivity contribution in [3.05, 3.63) is 393 Å². The molecule has 3 aliphatic heterocycles. The lowest BCUT2D eigenvalue weighted by atomic mass is 9.62. The van der Waals surface area contributed by atoms with Crippen LogP contribution in [0.1, 0.15) is 125 Å². The number of amides is 3. The number of thioether (sulfide) groups is 3. The number of benzene rings is 12. The van der Waals surface area contributed by atoms with Crippen LogP contribution in [-0.4, -0.2) is 111 Å². The molecule has 3 amide bonds. The van der Waals surface area contributed by atoms with E-state index < -0.39 is 73.4 Å². The Kier molecular flexibility index (Phi) is 25.1. The predicted molar refractivity (Wildman–Crippen MR) is 461 cm³/mol. The highest BCUT2D eigenvalue weighted by Gasteiger charge is 2.58. The van der Waals surface area contributed by atoms with E-state index in [1.165, 1.54) is 42.4 Å². The van der Waals surface area contributed by atoms with Crippen LogP contribution in [0.15, 0.2) is 309 Å². The molecule has 596 valence electrons. The number of esters is 3. The maximum Gasteiger partial charge on any atom is 0.329 e. The third-order valence-electron chi connectivity index (χ3n) is 21.5. The van der Waals surface area contributed by atoms with Crippen molar-refractivity contribution < 1.29 is 66.7 Å². The van der Waals surface area contributed by atoms with E-state index in [9.17, 15) is 14.4 Å². The zero-order chi connectivity index (χ0) is 81.6. The fourth-order valence-electron chi connectivity index (χ4n) is 16.3. The van der Waals surface area contributed by atoms with Gasteiger partial charge in [0, 0.05) is 24.4 Å². The van der Waals surface area contributed by atoms with Crippen LogP contribution in [0, 0.1) is 0 Å². The standard InChI is InChI=1S/C98H87N3O14S3/c1-5-110-92(105)77(61-116-96(65-35-17-8-18-36-65,66-37-19-9-20-38-66)67-39-21-10-22-40-67)99-89(102)74-53-56-80-83-86(74)113-81-57-54-75(90(103)100-78(93(106)111-6-2)62-117-97(68-41-23-11-24-42-68,69-43-25-12-26-44-69)70-45-27-13-28-46-70)87-84(81)95(83,59-60-109-64-108-4)85-82(115-87)58-55-76(88(85)114-80)91(104)101-79(94(107)112-7-3)63-118-98(71-47-29-14-30-48-71,72-49-31-15-32-50-72)73-51-33-16-34-52-73/h8-58,77-79H,5-7,59-64H2,1-4H3,(H,99,102)(H,100,103)(H,101,104)/t77-,78-,79-,95?/m1/s1. The van der Waals surface area contributed by atoms with Crippen LogP contribution in [0.3, 0.4) is 0 Å². The van der Waals surface area contributed by atoms with Crippen LogP contribution in [0.25, 0.3) is 0 Å². The molecule has 0 bridgehead atoms. The maximum absolute atomic E-state index is 16.0. The van der Waals surface area contributed by atoms with Crippen LogP contribution in [0.4, 0.5) is 0 Å². The van der Waals surface area contributed by atoms with Gasteiger partial charge in [0.25, 0.3) is 17.7 Å². The molecular formula is C98H87N3O14S3. The molecule has 0 saturated heterocycles. The third-order valence-corrected chi connectivity index (χ3v) is 26.4. The van der Waals surface area contributed by atoms with Crippen molar-refractivity contribution in [1.82, 2.24) is 16.0 Å². The van der Waals surface area contributed by atoms with Crippen molar-refractivity contribution in [2.45, 2.75) is 65.0 Å². The molecular weight excluding hydrogens is 1540 g/mol. The molecule has 0 aromatic heterocycles. The molecule has 12 aromatic carbocycles. The van der Waals surface area contributed by atoms with Crippen LogP contribution in [-0.2, 0) is 57.7 Å². The SMILES string of the molecule is CCOC(=O)[C@@H](CSC(c1ccccc1)(c1ccccc1)c1ccccc1)NC(=O)c1ccc2c3c1Oc1ccc(C(=O)N[C@H](CSC(c4ccccc4)(c4ccccc4)c4ccccc4)C(=O)OCC)c4c1C3(CCOCOC)c1c(ccc(C(=O)N[C@H](CSC(c3ccccc3)(c3ccccc3)c3ccccc3)C(=O)OCC)c1O2)O4. The molecule has 0 saturated carbocycles. The first-order valence-corrected chi connectivity index (χ1v) is 42.2. The average Bonchev–Trinajstić information content (AvgIpc) is 0.667.